The number of rotatable bonds is 10. The molecule has 67 heavy (non-hydrogen) atoms. The molecule has 2 fully saturated rings. The highest BCUT2D eigenvalue weighted by Crippen LogP contribution is 2.45. The number of fused-ring (bicyclic) bond motifs is 2. The number of likely N-dealkylation sites (tertiary alicyclic amines) is 1. The Morgan fingerprint density at radius 1 is 0.627 bits per heavy atom. The van der Waals surface area contributed by atoms with Gasteiger partial charge in [-0.15, -0.1) is 0 Å². The van der Waals surface area contributed by atoms with Crippen LogP contribution in [-0.2, 0) is 18.0 Å². The first-order valence-electron chi connectivity index (χ1n) is 24.0. The Hall–Kier alpha value is -5.95. The molecule has 4 aromatic carbocycles. The predicted octanol–water partition coefficient (Wildman–Crippen LogP) is 8.86. The quantitative estimate of drug-likeness (QED) is 0.142. The van der Waals surface area contributed by atoms with E-state index < -0.39 is 11.2 Å². The SMILES string of the molecule is CCN(CC)C(=O)c1ccc(C2=CC3(CCN(C(=O)OC(C)(C)C)CC3)Oc3cc(CO)ccc32)cc1.CCN(CC)C(=O)c1ccc(C2=CC3(CCNCC3)Oc3cc(CO)ccc32)cc1. The summed E-state index contributed by atoms with van der Waals surface area (Å²) in [5.74, 6) is 1.63. The van der Waals surface area contributed by atoms with Crippen molar-refractivity contribution >= 4 is 29.1 Å². The van der Waals surface area contributed by atoms with E-state index in [1.54, 1.807) is 4.90 Å². The van der Waals surface area contributed by atoms with Crippen LogP contribution in [-0.4, -0.2) is 112 Å². The predicted molar refractivity (Wildman–Crippen MR) is 262 cm³/mol. The van der Waals surface area contributed by atoms with Crippen LogP contribution in [0.4, 0.5) is 4.79 Å². The van der Waals surface area contributed by atoms with Gasteiger partial charge in [-0.1, -0.05) is 48.5 Å². The minimum Gasteiger partial charge on any atom is -0.482 e. The molecule has 12 nitrogen and oxygen atoms in total. The highest BCUT2D eigenvalue weighted by molar-refractivity contribution is 5.96. The van der Waals surface area contributed by atoms with Gasteiger partial charge < -0.3 is 44.4 Å². The van der Waals surface area contributed by atoms with Crippen molar-refractivity contribution in [2.24, 2.45) is 0 Å². The molecule has 4 aliphatic rings. The van der Waals surface area contributed by atoms with E-state index in [1.807, 2.05) is 143 Å². The van der Waals surface area contributed by atoms with Crippen LogP contribution >= 0.6 is 0 Å². The number of hydrogen-bond donors (Lipinski definition) is 3. The highest BCUT2D eigenvalue weighted by Gasteiger charge is 2.41. The second-order valence-corrected chi connectivity index (χ2v) is 18.8. The largest absolute Gasteiger partial charge is 0.482 e. The van der Waals surface area contributed by atoms with Crippen molar-refractivity contribution < 1.29 is 38.8 Å². The van der Waals surface area contributed by atoms with Gasteiger partial charge >= 0.3 is 6.09 Å². The average Bonchev–Trinajstić information content (AvgIpc) is 3.34. The normalized spacial score (nSPS) is 16.8. The lowest BCUT2D eigenvalue weighted by atomic mass is 9.82. The van der Waals surface area contributed by atoms with E-state index >= 15 is 0 Å². The monoisotopic (exact) mass is 913 g/mol. The number of aliphatic hydroxyl groups excluding tert-OH is 2. The van der Waals surface area contributed by atoms with Crippen molar-refractivity contribution in [1.82, 2.24) is 20.0 Å². The number of aliphatic hydroxyl groups is 2. The zero-order valence-electron chi connectivity index (χ0n) is 40.3. The molecule has 0 aliphatic carbocycles. The van der Waals surface area contributed by atoms with E-state index in [0.717, 1.165) is 82.0 Å². The molecule has 8 rings (SSSR count). The van der Waals surface area contributed by atoms with Crippen LogP contribution in [0.3, 0.4) is 0 Å². The molecule has 356 valence electrons. The molecule has 0 saturated carbocycles. The zero-order chi connectivity index (χ0) is 47.9. The van der Waals surface area contributed by atoms with Crippen molar-refractivity contribution in [3.05, 3.63) is 142 Å². The standard InChI is InChI=1S/C30H38N2O5.C25H30N2O3/c1-6-31(7-2)27(34)23-11-9-22(10-12-23)25-19-30(36-26-18-21(20-33)8-13-24(25)26)14-16-32(17-15-30)28(35)37-29(3,4)5;1-3-27(4-2)24(29)20-8-6-19(7-9-20)22-16-25(11-13-26-14-12-25)30-23-15-18(17-28)5-10-21(22)23/h8-13,18-19,33H,6-7,14-17,20H2,1-5H3;5-10,15-16,26,28H,3-4,11-14,17H2,1-2H3. The van der Waals surface area contributed by atoms with E-state index in [2.05, 4.69) is 17.5 Å². The number of carbonyl (C=O) groups is 3. The Balaban J connectivity index is 0.000000203. The molecule has 12 heteroatoms. The summed E-state index contributed by atoms with van der Waals surface area (Å²) >= 11 is 0. The molecule has 4 heterocycles. The lowest BCUT2D eigenvalue weighted by Crippen LogP contribution is -2.50. The summed E-state index contributed by atoms with van der Waals surface area (Å²) in [5, 5.41) is 22.7. The van der Waals surface area contributed by atoms with E-state index in [-0.39, 0.29) is 36.7 Å². The van der Waals surface area contributed by atoms with Gasteiger partial charge in [-0.05, 0) is 144 Å². The smallest absolute Gasteiger partial charge is 0.410 e. The lowest BCUT2D eigenvalue weighted by molar-refractivity contribution is -0.00123. The minimum atomic E-state index is -0.579. The fourth-order valence-corrected chi connectivity index (χ4v) is 9.31. The van der Waals surface area contributed by atoms with Crippen molar-refractivity contribution in [2.75, 3.05) is 52.4 Å². The molecule has 2 saturated heterocycles. The first-order chi connectivity index (χ1) is 32.2. The van der Waals surface area contributed by atoms with Gasteiger partial charge in [-0.2, -0.15) is 0 Å². The third-order valence-electron chi connectivity index (χ3n) is 13.2. The fraction of sp³-hybridized carbons (Fsp3) is 0.436. The molecule has 0 radical (unpaired) electrons. The molecule has 0 bridgehead atoms. The molecule has 4 aliphatic heterocycles. The van der Waals surface area contributed by atoms with Gasteiger partial charge in [0.05, 0.1) is 13.2 Å². The van der Waals surface area contributed by atoms with Crippen LogP contribution in [0, 0.1) is 0 Å². The number of piperidine rings is 2. The maximum absolute atomic E-state index is 12.8. The summed E-state index contributed by atoms with van der Waals surface area (Å²) in [5.41, 5.74) is 7.74. The van der Waals surface area contributed by atoms with Crippen LogP contribution in [0.2, 0.25) is 0 Å². The second-order valence-electron chi connectivity index (χ2n) is 18.8. The summed E-state index contributed by atoms with van der Waals surface area (Å²) in [6, 6.07) is 27.3. The van der Waals surface area contributed by atoms with E-state index in [9.17, 15) is 24.6 Å². The summed E-state index contributed by atoms with van der Waals surface area (Å²) in [7, 11) is 0. The van der Waals surface area contributed by atoms with Gasteiger partial charge in [0.25, 0.3) is 11.8 Å². The third kappa shape index (κ3) is 11.1. The number of ether oxygens (including phenoxy) is 3. The molecular weight excluding hydrogens is 845 g/mol. The zero-order valence-corrected chi connectivity index (χ0v) is 40.3. The number of amides is 3. The molecule has 0 aromatic heterocycles. The summed E-state index contributed by atoms with van der Waals surface area (Å²) in [6.07, 6.45) is 7.17. The number of nitrogens with one attached hydrogen (secondary N) is 1. The van der Waals surface area contributed by atoms with Gasteiger partial charge in [0.1, 0.15) is 28.3 Å². The number of benzene rings is 4. The third-order valence-corrected chi connectivity index (χ3v) is 13.2. The Morgan fingerprint density at radius 2 is 1.03 bits per heavy atom. The number of hydrogen-bond acceptors (Lipinski definition) is 9. The van der Waals surface area contributed by atoms with E-state index in [1.165, 1.54) is 0 Å². The Kier molecular flexibility index (Phi) is 15.3. The lowest BCUT2D eigenvalue weighted by Gasteiger charge is -2.43. The van der Waals surface area contributed by atoms with Crippen molar-refractivity contribution in [3.63, 3.8) is 0 Å². The van der Waals surface area contributed by atoms with Crippen molar-refractivity contribution in [3.8, 4) is 11.5 Å². The average molecular weight is 913 g/mol. The van der Waals surface area contributed by atoms with Crippen LogP contribution < -0.4 is 14.8 Å². The topological polar surface area (TPSA) is 141 Å². The summed E-state index contributed by atoms with van der Waals surface area (Å²) < 4.78 is 18.6. The second kappa shape index (κ2) is 20.9. The van der Waals surface area contributed by atoms with Gasteiger partial charge in [0.2, 0.25) is 0 Å². The molecule has 3 amide bonds. The first-order valence-corrected chi connectivity index (χ1v) is 24.0. The van der Waals surface area contributed by atoms with E-state index in [4.69, 9.17) is 14.2 Å². The van der Waals surface area contributed by atoms with Crippen molar-refractivity contribution in [2.45, 2.75) is 104 Å². The van der Waals surface area contributed by atoms with Gasteiger partial charge in [-0.25, -0.2) is 4.79 Å². The summed E-state index contributed by atoms with van der Waals surface area (Å²) in [6.45, 7) is 19.1. The number of nitrogens with zero attached hydrogens (tertiary/aromatic N) is 3. The van der Waals surface area contributed by atoms with Crippen LogP contribution in [0.1, 0.15) is 128 Å². The highest BCUT2D eigenvalue weighted by atomic mass is 16.6. The van der Waals surface area contributed by atoms with Gasteiger partial charge in [-0.3, -0.25) is 9.59 Å². The maximum atomic E-state index is 12.8. The first kappa shape index (κ1) is 49.0. The molecular formula is C55H68N4O8. The van der Waals surface area contributed by atoms with Gasteiger partial charge in [0, 0.05) is 87.2 Å². The Morgan fingerprint density at radius 3 is 1.40 bits per heavy atom. The molecule has 3 N–H and O–H groups in total. The Bertz CT molecular complexity index is 2450. The summed E-state index contributed by atoms with van der Waals surface area (Å²) in [4.78, 5) is 43.5. The van der Waals surface area contributed by atoms with Crippen LogP contribution in [0.5, 0.6) is 11.5 Å². The molecule has 4 aromatic rings. The van der Waals surface area contributed by atoms with Crippen LogP contribution in [0.25, 0.3) is 11.1 Å². The number of carbonyl (C=O) groups excluding carboxylic acids is 3. The van der Waals surface area contributed by atoms with Crippen molar-refractivity contribution in [1.29, 1.82) is 0 Å². The fourth-order valence-electron chi connectivity index (χ4n) is 9.31. The Labute approximate surface area is 396 Å². The van der Waals surface area contributed by atoms with E-state index in [0.29, 0.717) is 63.2 Å². The molecule has 2 spiro atoms. The van der Waals surface area contributed by atoms with Gasteiger partial charge in [0.15, 0.2) is 0 Å². The molecule has 0 atom stereocenters. The maximum Gasteiger partial charge on any atom is 0.410 e. The van der Waals surface area contributed by atoms with Crippen LogP contribution in [0.15, 0.2) is 97.1 Å². The minimum absolute atomic E-state index is 0.00753. The molecule has 0 unspecified atom stereocenters.